The molecule has 0 saturated carbocycles. The Bertz CT molecular complexity index is 1070. The molecule has 8 heteroatoms. The summed E-state index contributed by atoms with van der Waals surface area (Å²) in [6.45, 7) is 2.09. The first kappa shape index (κ1) is 18.7. The van der Waals surface area contributed by atoms with Gasteiger partial charge in [0.1, 0.15) is 11.5 Å². The molecule has 3 heterocycles. The smallest absolute Gasteiger partial charge is 0.271 e. The molecule has 29 heavy (non-hydrogen) atoms. The second kappa shape index (κ2) is 8.14. The van der Waals surface area contributed by atoms with Crippen molar-refractivity contribution >= 4 is 23.1 Å². The molecule has 0 atom stereocenters. The monoisotopic (exact) mass is 390 g/mol. The average Bonchev–Trinajstić information content (AvgIpc) is 3.30. The van der Waals surface area contributed by atoms with Crippen molar-refractivity contribution in [3.8, 4) is 11.3 Å². The third-order valence-corrected chi connectivity index (χ3v) is 4.94. The van der Waals surface area contributed by atoms with Gasteiger partial charge in [-0.25, -0.2) is 4.98 Å². The molecule has 0 aliphatic carbocycles. The van der Waals surface area contributed by atoms with Gasteiger partial charge in [0.25, 0.3) is 11.5 Å². The van der Waals surface area contributed by atoms with Gasteiger partial charge in [0.05, 0.1) is 18.1 Å². The molecule has 2 aromatic heterocycles. The van der Waals surface area contributed by atoms with Crippen LogP contribution in [0.5, 0.6) is 0 Å². The maximum atomic E-state index is 12.6. The summed E-state index contributed by atoms with van der Waals surface area (Å²) in [5.74, 6) is 0.271. The van der Waals surface area contributed by atoms with Gasteiger partial charge < -0.3 is 20.5 Å². The van der Waals surface area contributed by atoms with Crippen LogP contribution in [0.2, 0.25) is 0 Å². The lowest BCUT2D eigenvalue weighted by molar-refractivity contribution is 0.102. The van der Waals surface area contributed by atoms with Crippen molar-refractivity contribution in [1.29, 1.82) is 0 Å². The van der Waals surface area contributed by atoms with Crippen LogP contribution in [0.25, 0.3) is 11.3 Å². The Balaban J connectivity index is 1.54. The molecule has 0 spiro atoms. The van der Waals surface area contributed by atoms with Gasteiger partial charge in [-0.15, -0.1) is 0 Å². The molecular formula is C21H22N6O2. The number of nitrogens with zero attached hydrogens (tertiary/aromatic N) is 3. The van der Waals surface area contributed by atoms with Crippen LogP contribution in [0.1, 0.15) is 23.2 Å². The fourth-order valence-electron chi connectivity index (χ4n) is 3.34. The minimum Gasteiger partial charge on any atom is -0.372 e. The van der Waals surface area contributed by atoms with Crippen LogP contribution >= 0.6 is 0 Å². The molecule has 3 aromatic rings. The highest BCUT2D eigenvalue weighted by atomic mass is 16.2. The number of rotatable bonds is 5. The van der Waals surface area contributed by atoms with E-state index >= 15 is 0 Å². The summed E-state index contributed by atoms with van der Waals surface area (Å²) < 4.78 is 0. The van der Waals surface area contributed by atoms with Gasteiger partial charge in [-0.2, -0.15) is 0 Å². The lowest BCUT2D eigenvalue weighted by Gasteiger charge is -2.17. The van der Waals surface area contributed by atoms with Crippen LogP contribution in [0.15, 0.2) is 53.7 Å². The summed E-state index contributed by atoms with van der Waals surface area (Å²) in [5.41, 5.74) is 2.62. The molecule has 1 saturated heterocycles. The highest BCUT2D eigenvalue weighted by Crippen LogP contribution is 2.21. The van der Waals surface area contributed by atoms with Crippen molar-refractivity contribution in [2.24, 2.45) is 0 Å². The zero-order valence-corrected chi connectivity index (χ0v) is 16.1. The Morgan fingerprint density at radius 1 is 1.14 bits per heavy atom. The first-order valence-electron chi connectivity index (χ1n) is 9.53. The number of nitrogens with one attached hydrogen (secondary N) is 3. The van der Waals surface area contributed by atoms with Gasteiger partial charge in [-0.1, -0.05) is 0 Å². The van der Waals surface area contributed by atoms with Crippen molar-refractivity contribution in [2.75, 3.05) is 35.7 Å². The normalized spacial score (nSPS) is 13.3. The number of hydrogen-bond donors (Lipinski definition) is 3. The Morgan fingerprint density at radius 2 is 1.90 bits per heavy atom. The molecule has 1 fully saturated rings. The Hall–Kier alpha value is -3.68. The summed E-state index contributed by atoms with van der Waals surface area (Å²) in [5, 5.41) is 5.62. The first-order chi connectivity index (χ1) is 14.1. The molecule has 4 rings (SSSR count). The molecule has 1 aromatic carbocycles. The second-order valence-corrected chi connectivity index (χ2v) is 6.87. The summed E-state index contributed by atoms with van der Waals surface area (Å²) in [6, 6.07) is 9.05. The Kier molecular flexibility index (Phi) is 5.24. The molecule has 0 radical (unpaired) electrons. The van der Waals surface area contributed by atoms with E-state index in [1.54, 1.807) is 43.8 Å². The topological polar surface area (TPSA) is 103 Å². The van der Waals surface area contributed by atoms with E-state index in [0.717, 1.165) is 18.8 Å². The Morgan fingerprint density at radius 3 is 2.62 bits per heavy atom. The second-order valence-electron chi connectivity index (χ2n) is 6.87. The summed E-state index contributed by atoms with van der Waals surface area (Å²) >= 11 is 0. The minimum absolute atomic E-state index is 0.160. The van der Waals surface area contributed by atoms with E-state index in [2.05, 4.69) is 30.5 Å². The highest BCUT2D eigenvalue weighted by molar-refractivity contribution is 6.04. The van der Waals surface area contributed by atoms with Crippen molar-refractivity contribution in [2.45, 2.75) is 12.8 Å². The summed E-state index contributed by atoms with van der Waals surface area (Å²) in [7, 11) is 1.75. The van der Waals surface area contributed by atoms with Crippen LogP contribution in [0.4, 0.5) is 17.2 Å². The molecule has 0 bridgehead atoms. The van der Waals surface area contributed by atoms with Gasteiger partial charge in [0, 0.05) is 43.1 Å². The number of benzene rings is 1. The SMILES string of the molecule is CNc1cncc(-c2c[nH]c(=O)c(NC(=O)c3ccc(N4CCCC4)cc3)c2)n1. The van der Waals surface area contributed by atoms with Crippen molar-refractivity contribution < 1.29 is 4.79 Å². The summed E-state index contributed by atoms with van der Waals surface area (Å²) in [6.07, 6.45) is 7.14. The molecule has 0 unspecified atom stereocenters. The van der Waals surface area contributed by atoms with Crippen LogP contribution < -0.4 is 21.1 Å². The molecule has 1 aliphatic rings. The van der Waals surface area contributed by atoms with Crippen LogP contribution in [0.3, 0.4) is 0 Å². The highest BCUT2D eigenvalue weighted by Gasteiger charge is 2.14. The third kappa shape index (κ3) is 4.11. The first-order valence-corrected chi connectivity index (χ1v) is 9.53. The van der Waals surface area contributed by atoms with Gasteiger partial charge in [0.15, 0.2) is 0 Å². The van der Waals surface area contributed by atoms with Gasteiger partial charge >= 0.3 is 0 Å². The fourth-order valence-corrected chi connectivity index (χ4v) is 3.34. The van der Waals surface area contributed by atoms with E-state index in [9.17, 15) is 9.59 Å². The van der Waals surface area contributed by atoms with Crippen molar-refractivity contribution in [3.63, 3.8) is 0 Å². The predicted octanol–water partition coefficient (Wildman–Crippen LogP) is 2.73. The van der Waals surface area contributed by atoms with E-state index < -0.39 is 0 Å². The number of carbonyl (C=O) groups excluding carboxylic acids is 1. The number of aromatic amines is 1. The maximum Gasteiger partial charge on any atom is 0.271 e. The number of hydrogen-bond acceptors (Lipinski definition) is 6. The number of H-pyrrole nitrogens is 1. The van der Waals surface area contributed by atoms with Crippen molar-refractivity contribution in [3.05, 3.63) is 64.8 Å². The lowest BCUT2D eigenvalue weighted by Crippen LogP contribution is -2.20. The molecule has 148 valence electrons. The van der Waals surface area contributed by atoms with Crippen molar-refractivity contribution in [1.82, 2.24) is 15.0 Å². The number of aromatic nitrogens is 3. The third-order valence-electron chi connectivity index (χ3n) is 4.94. The lowest BCUT2D eigenvalue weighted by atomic mass is 10.1. The Labute approximate surface area is 168 Å². The number of pyridine rings is 1. The van der Waals surface area contributed by atoms with E-state index in [-0.39, 0.29) is 17.2 Å². The van der Waals surface area contributed by atoms with Gasteiger partial charge in [-0.3, -0.25) is 14.6 Å². The van der Waals surface area contributed by atoms with Crippen LogP contribution in [-0.4, -0.2) is 41.0 Å². The van der Waals surface area contributed by atoms with Gasteiger partial charge in [-0.05, 0) is 43.2 Å². The minimum atomic E-state index is -0.381. The maximum absolute atomic E-state index is 12.6. The zero-order valence-electron chi connectivity index (χ0n) is 16.1. The van der Waals surface area contributed by atoms with E-state index in [4.69, 9.17) is 0 Å². The van der Waals surface area contributed by atoms with Crippen LogP contribution in [-0.2, 0) is 0 Å². The van der Waals surface area contributed by atoms with Crippen LogP contribution in [0, 0.1) is 0 Å². The summed E-state index contributed by atoms with van der Waals surface area (Å²) in [4.78, 5) is 38.3. The molecule has 1 amide bonds. The quantitative estimate of drug-likeness (QED) is 0.619. The molecular weight excluding hydrogens is 368 g/mol. The number of anilines is 3. The molecule has 1 aliphatic heterocycles. The van der Waals surface area contributed by atoms with E-state index in [1.165, 1.54) is 12.8 Å². The number of carbonyl (C=O) groups is 1. The largest absolute Gasteiger partial charge is 0.372 e. The zero-order chi connectivity index (χ0) is 20.2. The van der Waals surface area contributed by atoms with E-state index in [1.807, 2.05) is 12.1 Å². The average molecular weight is 390 g/mol. The molecule has 3 N–H and O–H groups in total. The van der Waals surface area contributed by atoms with E-state index in [0.29, 0.717) is 22.6 Å². The number of amides is 1. The standard InChI is InChI=1S/C21H22N6O2/c1-22-19-13-23-12-18(25-19)15-10-17(21(29)24-11-15)26-20(28)14-4-6-16(7-5-14)27-8-2-3-9-27/h4-7,10-13H,2-3,8-9H2,1H3,(H,22,25)(H,24,29)(H,26,28). The molecule has 8 nitrogen and oxygen atoms in total. The predicted molar refractivity (Wildman–Crippen MR) is 113 cm³/mol. The van der Waals surface area contributed by atoms with Gasteiger partial charge in [0.2, 0.25) is 0 Å². The fraction of sp³-hybridized carbons (Fsp3) is 0.238.